The number of rotatable bonds is 3. The summed E-state index contributed by atoms with van der Waals surface area (Å²) in [5, 5.41) is 0. The van der Waals surface area contributed by atoms with Gasteiger partial charge in [-0.1, -0.05) is 17.8 Å². The Morgan fingerprint density at radius 3 is 2.70 bits per heavy atom. The maximum Gasteiger partial charge on any atom is 0.0931 e. The normalized spacial score (nSPS) is 16.1. The lowest BCUT2D eigenvalue weighted by molar-refractivity contribution is 0.313. The van der Waals surface area contributed by atoms with Crippen molar-refractivity contribution in [1.82, 2.24) is 14.9 Å². The number of hydrogen-bond acceptors (Lipinski definition) is 4. The number of nitrogens with zero attached hydrogens (tertiary/aromatic N) is 3. The summed E-state index contributed by atoms with van der Waals surface area (Å²) in [6, 6.07) is 15.2. The van der Waals surface area contributed by atoms with E-state index in [4.69, 9.17) is 0 Å². The van der Waals surface area contributed by atoms with Crippen molar-refractivity contribution in [2.24, 2.45) is 0 Å². The van der Waals surface area contributed by atoms with Gasteiger partial charge in [-0.15, -0.1) is 0 Å². The van der Waals surface area contributed by atoms with Gasteiger partial charge in [0.05, 0.1) is 17.4 Å². The van der Waals surface area contributed by atoms with Crippen LogP contribution >= 0.6 is 11.8 Å². The second-order valence-electron chi connectivity index (χ2n) is 5.97. The molecule has 23 heavy (non-hydrogen) atoms. The number of likely N-dealkylation sites (N-methyl/N-ethyl adjacent to an activating group) is 1. The van der Waals surface area contributed by atoms with Crippen molar-refractivity contribution >= 4 is 28.5 Å². The van der Waals surface area contributed by atoms with Crippen molar-refractivity contribution in [2.45, 2.75) is 9.79 Å². The highest BCUT2D eigenvalue weighted by Gasteiger charge is 2.14. The fourth-order valence-corrected chi connectivity index (χ4v) is 3.82. The van der Waals surface area contributed by atoms with Gasteiger partial charge in [-0.2, -0.15) is 0 Å². The SMILES string of the molecule is CN1CCN(c2cccc(Sc3ccc4[nH]cnc4c3)c2)CC1. The van der Waals surface area contributed by atoms with E-state index in [1.165, 1.54) is 15.5 Å². The van der Waals surface area contributed by atoms with Crippen molar-refractivity contribution in [3.05, 3.63) is 48.8 Å². The van der Waals surface area contributed by atoms with Crippen LogP contribution in [-0.2, 0) is 0 Å². The number of aromatic nitrogens is 2. The highest BCUT2D eigenvalue weighted by atomic mass is 32.2. The fraction of sp³-hybridized carbons (Fsp3) is 0.278. The molecule has 1 N–H and O–H groups in total. The van der Waals surface area contributed by atoms with E-state index in [1.54, 1.807) is 18.1 Å². The van der Waals surface area contributed by atoms with Gasteiger partial charge in [0.25, 0.3) is 0 Å². The van der Waals surface area contributed by atoms with E-state index in [2.05, 4.69) is 69.3 Å². The Bertz CT molecular complexity index is 805. The largest absolute Gasteiger partial charge is 0.369 e. The van der Waals surface area contributed by atoms with E-state index < -0.39 is 0 Å². The molecule has 0 atom stereocenters. The van der Waals surface area contributed by atoms with E-state index in [0.29, 0.717) is 0 Å². The number of H-pyrrole nitrogens is 1. The molecule has 4 rings (SSSR count). The van der Waals surface area contributed by atoms with Crippen molar-refractivity contribution in [2.75, 3.05) is 38.1 Å². The van der Waals surface area contributed by atoms with Crippen LogP contribution in [0.1, 0.15) is 0 Å². The third kappa shape index (κ3) is 3.21. The summed E-state index contributed by atoms with van der Waals surface area (Å²) in [6.07, 6.45) is 1.74. The van der Waals surface area contributed by atoms with Gasteiger partial charge in [0.15, 0.2) is 0 Å². The highest BCUT2D eigenvalue weighted by molar-refractivity contribution is 7.99. The number of imidazole rings is 1. The molecule has 0 saturated carbocycles. The molecule has 4 nitrogen and oxygen atoms in total. The number of piperazine rings is 1. The van der Waals surface area contributed by atoms with Crippen LogP contribution in [0.15, 0.2) is 58.6 Å². The van der Waals surface area contributed by atoms with Crippen LogP contribution in [0, 0.1) is 0 Å². The maximum absolute atomic E-state index is 4.34. The first-order valence-corrected chi connectivity index (χ1v) is 8.74. The minimum atomic E-state index is 1.02. The van der Waals surface area contributed by atoms with E-state index in [0.717, 1.165) is 37.2 Å². The van der Waals surface area contributed by atoms with Crippen molar-refractivity contribution < 1.29 is 0 Å². The number of nitrogens with one attached hydrogen (secondary N) is 1. The summed E-state index contributed by atoms with van der Waals surface area (Å²) < 4.78 is 0. The third-order valence-electron chi connectivity index (χ3n) is 4.31. The second kappa shape index (κ2) is 6.26. The van der Waals surface area contributed by atoms with Gasteiger partial charge in [0.2, 0.25) is 0 Å². The van der Waals surface area contributed by atoms with Crippen molar-refractivity contribution in [1.29, 1.82) is 0 Å². The Morgan fingerprint density at radius 2 is 1.83 bits per heavy atom. The Morgan fingerprint density at radius 1 is 1.00 bits per heavy atom. The standard InChI is InChI=1S/C18H20N4S/c1-21-7-9-22(10-8-21)14-3-2-4-15(11-14)23-16-5-6-17-18(12-16)20-13-19-17/h2-6,11-13H,7-10H2,1H3,(H,19,20). The molecule has 1 saturated heterocycles. The summed E-state index contributed by atoms with van der Waals surface area (Å²) >= 11 is 1.79. The van der Waals surface area contributed by atoms with Gasteiger partial charge in [-0.05, 0) is 43.4 Å². The molecule has 0 radical (unpaired) electrons. The lowest BCUT2D eigenvalue weighted by Crippen LogP contribution is -2.44. The number of hydrogen-bond donors (Lipinski definition) is 1. The molecule has 2 aromatic carbocycles. The average Bonchev–Trinajstić information content (AvgIpc) is 3.03. The molecule has 0 aliphatic carbocycles. The minimum Gasteiger partial charge on any atom is -0.369 e. The highest BCUT2D eigenvalue weighted by Crippen LogP contribution is 2.31. The molecule has 5 heteroatoms. The summed E-state index contributed by atoms with van der Waals surface area (Å²) in [4.78, 5) is 14.8. The van der Waals surface area contributed by atoms with Crippen LogP contribution in [-0.4, -0.2) is 48.1 Å². The van der Waals surface area contributed by atoms with Crippen LogP contribution in [0.2, 0.25) is 0 Å². The summed E-state index contributed by atoms with van der Waals surface area (Å²) in [5.74, 6) is 0. The molecule has 0 bridgehead atoms. The van der Waals surface area contributed by atoms with Crippen LogP contribution in [0.5, 0.6) is 0 Å². The predicted octanol–water partition coefficient (Wildman–Crippen LogP) is 3.47. The predicted molar refractivity (Wildman–Crippen MR) is 96.4 cm³/mol. The van der Waals surface area contributed by atoms with E-state index in [1.807, 2.05) is 0 Å². The molecule has 2 heterocycles. The van der Waals surface area contributed by atoms with E-state index in [9.17, 15) is 0 Å². The zero-order valence-corrected chi connectivity index (χ0v) is 14.0. The van der Waals surface area contributed by atoms with E-state index in [-0.39, 0.29) is 0 Å². The second-order valence-corrected chi connectivity index (χ2v) is 7.12. The first-order chi connectivity index (χ1) is 11.3. The molecule has 1 aliphatic rings. The minimum absolute atomic E-state index is 1.02. The molecule has 0 amide bonds. The van der Waals surface area contributed by atoms with Gasteiger partial charge in [0.1, 0.15) is 0 Å². The van der Waals surface area contributed by atoms with E-state index >= 15 is 0 Å². The van der Waals surface area contributed by atoms with Gasteiger partial charge < -0.3 is 14.8 Å². The van der Waals surface area contributed by atoms with Crippen LogP contribution in [0.25, 0.3) is 11.0 Å². The molecule has 118 valence electrons. The molecular weight excluding hydrogens is 304 g/mol. The molecule has 0 spiro atoms. The van der Waals surface area contributed by atoms with Gasteiger partial charge in [0, 0.05) is 41.7 Å². The van der Waals surface area contributed by atoms with Gasteiger partial charge in [-0.3, -0.25) is 0 Å². The zero-order valence-electron chi connectivity index (χ0n) is 13.2. The smallest absolute Gasteiger partial charge is 0.0931 e. The molecule has 1 aromatic heterocycles. The summed E-state index contributed by atoms with van der Waals surface area (Å²) in [5.41, 5.74) is 3.43. The Labute approximate surface area is 140 Å². The van der Waals surface area contributed by atoms with Crippen LogP contribution < -0.4 is 4.90 Å². The lowest BCUT2D eigenvalue weighted by Gasteiger charge is -2.34. The topological polar surface area (TPSA) is 35.2 Å². The third-order valence-corrected chi connectivity index (χ3v) is 5.29. The number of aromatic amines is 1. The number of anilines is 1. The van der Waals surface area contributed by atoms with Crippen LogP contribution in [0.3, 0.4) is 0 Å². The van der Waals surface area contributed by atoms with Crippen molar-refractivity contribution in [3.63, 3.8) is 0 Å². The molecule has 1 aliphatic heterocycles. The maximum atomic E-state index is 4.34. The first kappa shape index (κ1) is 14.6. The first-order valence-electron chi connectivity index (χ1n) is 7.92. The molecule has 0 unspecified atom stereocenters. The Hall–Kier alpha value is -1.98. The van der Waals surface area contributed by atoms with Crippen molar-refractivity contribution in [3.8, 4) is 0 Å². The summed E-state index contributed by atoms with van der Waals surface area (Å²) in [6.45, 7) is 4.47. The van der Waals surface area contributed by atoms with Crippen LogP contribution in [0.4, 0.5) is 5.69 Å². The number of fused-ring (bicyclic) bond motifs is 1. The molecule has 1 fully saturated rings. The monoisotopic (exact) mass is 324 g/mol. The van der Waals surface area contributed by atoms with Gasteiger partial charge >= 0.3 is 0 Å². The Kier molecular flexibility index (Phi) is 3.97. The fourth-order valence-electron chi connectivity index (χ4n) is 2.92. The average molecular weight is 324 g/mol. The molecular formula is C18H20N4S. The quantitative estimate of drug-likeness (QED) is 0.800. The Balaban J connectivity index is 1.53. The van der Waals surface area contributed by atoms with Gasteiger partial charge in [-0.25, -0.2) is 4.98 Å². The lowest BCUT2D eigenvalue weighted by atomic mass is 10.2. The summed E-state index contributed by atoms with van der Waals surface area (Å²) in [7, 11) is 2.19. The molecule has 3 aromatic rings. The number of benzene rings is 2. The zero-order chi connectivity index (χ0) is 15.6.